The van der Waals surface area contributed by atoms with Crippen LogP contribution in [0.5, 0.6) is 0 Å². The summed E-state index contributed by atoms with van der Waals surface area (Å²) in [6, 6.07) is 0.455. The Balaban J connectivity index is 2.40. The van der Waals surface area contributed by atoms with Gasteiger partial charge in [0, 0.05) is 6.04 Å². The third-order valence-electron chi connectivity index (χ3n) is 3.91. The molecule has 3 heteroatoms. The summed E-state index contributed by atoms with van der Waals surface area (Å²) in [6.07, 6.45) is 5.09. The van der Waals surface area contributed by atoms with E-state index in [1.165, 1.54) is 19.3 Å². The smallest absolute Gasteiger partial charge is 0.0875 e. The quantitative estimate of drug-likeness (QED) is 0.757. The minimum absolute atomic E-state index is 0.226. The van der Waals surface area contributed by atoms with Crippen LogP contribution in [-0.4, -0.2) is 36.5 Å². The summed E-state index contributed by atoms with van der Waals surface area (Å²) >= 11 is 0. The lowest BCUT2D eigenvalue weighted by molar-refractivity contribution is -0.0996. The van der Waals surface area contributed by atoms with Crippen LogP contribution in [0.2, 0.25) is 0 Å². The van der Waals surface area contributed by atoms with Crippen molar-refractivity contribution < 1.29 is 9.84 Å². The molecule has 3 atom stereocenters. The maximum absolute atomic E-state index is 10.1. The summed E-state index contributed by atoms with van der Waals surface area (Å²) in [7, 11) is 1.99. The first-order valence-electron chi connectivity index (χ1n) is 6.48. The van der Waals surface area contributed by atoms with Crippen LogP contribution >= 0.6 is 0 Å². The van der Waals surface area contributed by atoms with Crippen LogP contribution in [0.3, 0.4) is 0 Å². The summed E-state index contributed by atoms with van der Waals surface area (Å²) in [4.78, 5) is 0. The summed E-state index contributed by atoms with van der Waals surface area (Å²) in [5.41, 5.74) is -0.713. The van der Waals surface area contributed by atoms with Crippen LogP contribution in [0, 0.1) is 5.92 Å². The Morgan fingerprint density at radius 3 is 2.56 bits per heavy atom. The van der Waals surface area contributed by atoms with Crippen molar-refractivity contribution in [3.8, 4) is 0 Å². The number of hydrogen-bond acceptors (Lipinski definition) is 3. The van der Waals surface area contributed by atoms with Crippen molar-refractivity contribution in [1.82, 2.24) is 5.32 Å². The van der Waals surface area contributed by atoms with Gasteiger partial charge in [0.25, 0.3) is 0 Å². The van der Waals surface area contributed by atoms with E-state index >= 15 is 0 Å². The van der Waals surface area contributed by atoms with Crippen LogP contribution in [0.1, 0.15) is 46.5 Å². The molecule has 1 fully saturated rings. The Morgan fingerprint density at radius 1 is 1.38 bits per heavy atom. The van der Waals surface area contributed by atoms with Gasteiger partial charge in [-0.2, -0.15) is 0 Å². The lowest BCUT2D eigenvalue weighted by atomic mass is 9.91. The highest BCUT2D eigenvalue weighted by Gasteiger charge is 2.30. The third-order valence-corrected chi connectivity index (χ3v) is 3.91. The zero-order chi connectivity index (χ0) is 12.2. The molecule has 0 bridgehead atoms. The molecule has 1 rings (SSSR count). The first kappa shape index (κ1) is 13.9. The minimum atomic E-state index is -0.713. The second kappa shape index (κ2) is 5.99. The zero-order valence-corrected chi connectivity index (χ0v) is 11.1. The summed E-state index contributed by atoms with van der Waals surface area (Å²) in [5, 5.41) is 13.4. The lowest BCUT2D eigenvalue weighted by Crippen LogP contribution is -2.45. The van der Waals surface area contributed by atoms with E-state index in [4.69, 9.17) is 4.74 Å². The molecule has 0 aliphatic heterocycles. The molecule has 1 aliphatic rings. The summed E-state index contributed by atoms with van der Waals surface area (Å²) < 4.78 is 5.90. The first-order chi connectivity index (χ1) is 7.47. The maximum atomic E-state index is 10.1. The van der Waals surface area contributed by atoms with Gasteiger partial charge in [0.2, 0.25) is 0 Å². The van der Waals surface area contributed by atoms with E-state index in [-0.39, 0.29) is 12.0 Å². The standard InChI is InChI=1S/C13H27NO2/c1-10(2)13(3,15)9-16-12-8-6-5-7-11(12)14-4/h10-12,14-15H,5-9H2,1-4H3. The van der Waals surface area contributed by atoms with E-state index in [0.29, 0.717) is 12.6 Å². The van der Waals surface area contributed by atoms with Crippen molar-refractivity contribution >= 4 is 0 Å². The van der Waals surface area contributed by atoms with Gasteiger partial charge in [-0.15, -0.1) is 0 Å². The number of nitrogens with one attached hydrogen (secondary N) is 1. The average Bonchev–Trinajstić information content (AvgIpc) is 2.26. The lowest BCUT2D eigenvalue weighted by Gasteiger charge is -2.35. The van der Waals surface area contributed by atoms with Crippen LogP contribution in [0.15, 0.2) is 0 Å². The molecule has 0 spiro atoms. The maximum Gasteiger partial charge on any atom is 0.0875 e. The largest absolute Gasteiger partial charge is 0.388 e. The second-order valence-electron chi connectivity index (χ2n) is 5.54. The molecular weight excluding hydrogens is 202 g/mol. The fourth-order valence-electron chi connectivity index (χ4n) is 2.07. The van der Waals surface area contributed by atoms with Crippen LogP contribution < -0.4 is 5.32 Å². The Bertz CT molecular complexity index is 204. The Morgan fingerprint density at radius 2 is 2.00 bits per heavy atom. The van der Waals surface area contributed by atoms with Gasteiger partial charge in [0.1, 0.15) is 0 Å². The fraction of sp³-hybridized carbons (Fsp3) is 1.00. The van der Waals surface area contributed by atoms with Crippen LogP contribution in [-0.2, 0) is 4.74 Å². The van der Waals surface area contributed by atoms with Crippen LogP contribution in [0.25, 0.3) is 0 Å². The molecule has 2 N–H and O–H groups in total. The Kier molecular flexibility index (Phi) is 5.22. The van der Waals surface area contributed by atoms with Gasteiger partial charge >= 0.3 is 0 Å². The number of ether oxygens (including phenoxy) is 1. The fourth-order valence-corrected chi connectivity index (χ4v) is 2.07. The van der Waals surface area contributed by atoms with E-state index in [1.807, 2.05) is 27.8 Å². The molecule has 0 radical (unpaired) electrons. The molecule has 0 aromatic heterocycles. The molecule has 0 aromatic rings. The van der Waals surface area contributed by atoms with E-state index < -0.39 is 5.60 Å². The molecule has 1 saturated carbocycles. The molecule has 96 valence electrons. The predicted octanol–water partition coefficient (Wildman–Crippen LogP) is 1.94. The normalized spacial score (nSPS) is 30.4. The number of hydrogen-bond donors (Lipinski definition) is 2. The van der Waals surface area contributed by atoms with Gasteiger partial charge < -0.3 is 15.2 Å². The van der Waals surface area contributed by atoms with Crippen molar-refractivity contribution in [3.63, 3.8) is 0 Å². The van der Waals surface area contributed by atoms with Gasteiger partial charge in [-0.25, -0.2) is 0 Å². The van der Waals surface area contributed by atoms with E-state index in [2.05, 4.69) is 5.32 Å². The predicted molar refractivity (Wildman–Crippen MR) is 66.5 cm³/mol. The molecule has 1 aliphatic carbocycles. The molecule has 3 unspecified atom stereocenters. The van der Waals surface area contributed by atoms with E-state index in [1.54, 1.807) is 0 Å². The Labute approximate surface area is 99.6 Å². The SMILES string of the molecule is CNC1CCCCC1OCC(C)(O)C(C)C. The van der Waals surface area contributed by atoms with Crippen LogP contribution in [0.4, 0.5) is 0 Å². The van der Waals surface area contributed by atoms with Crippen molar-refractivity contribution in [2.24, 2.45) is 5.92 Å². The molecule has 16 heavy (non-hydrogen) atoms. The molecule has 0 amide bonds. The average molecular weight is 229 g/mol. The molecular formula is C13H27NO2. The van der Waals surface area contributed by atoms with Crippen molar-refractivity contribution in [2.45, 2.75) is 64.2 Å². The van der Waals surface area contributed by atoms with E-state index in [0.717, 1.165) is 6.42 Å². The Hall–Kier alpha value is -0.120. The number of aliphatic hydroxyl groups is 1. The first-order valence-corrected chi connectivity index (χ1v) is 6.48. The monoisotopic (exact) mass is 229 g/mol. The second-order valence-corrected chi connectivity index (χ2v) is 5.54. The topological polar surface area (TPSA) is 41.5 Å². The molecule has 0 saturated heterocycles. The van der Waals surface area contributed by atoms with Gasteiger partial charge in [-0.1, -0.05) is 26.7 Å². The van der Waals surface area contributed by atoms with Crippen molar-refractivity contribution in [1.29, 1.82) is 0 Å². The third kappa shape index (κ3) is 3.72. The highest BCUT2D eigenvalue weighted by molar-refractivity contribution is 4.83. The van der Waals surface area contributed by atoms with Gasteiger partial charge in [0.15, 0.2) is 0 Å². The zero-order valence-electron chi connectivity index (χ0n) is 11.1. The van der Waals surface area contributed by atoms with Crippen molar-refractivity contribution in [2.75, 3.05) is 13.7 Å². The minimum Gasteiger partial charge on any atom is -0.388 e. The molecule has 0 heterocycles. The van der Waals surface area contributed by atoms with Gasteiger partial charge in [0.05, 0.1) is 18.3 Å². The summed E-state index contributed by atoms with van der Waals surface area (Å²) in [5.74, 6) is 0.226. The molecule has 0 aromatic carbocycles. The highest BCUT2D eigenvalue weighted by Crippen LogP contribution is 2.24. The van der Waals surface area contributed by atoms with Gasteiger partial charge in [-0.05, 0) is 32.7 Å². The van der Waals surface area contributed by atoms with E-state index in [9.17, 15) is 5.11 Å². The number of likely N-dealkylation sites (N-methyl/N-ethyl adjacent to an activating group) is 1. The van der Waals surface area contributed by atoms with Gasteiger partial charge in [-0.3, -0.25) is 0 Å². The molecule has 3 nitrogen and oxygen atoms in total. The highest BCUT2D eigenvalue weighted by atomic mass is 16.5. The number of rotatable bonds is 5. The summed E-state index contributed by atoms with van der Waals surface area (Å²) in [6.45, 7) is 6.35. The van der Waals surface area contributed by atoms with Crippen molar-refractivity contribution in [3.05, 3.63) is 0 Å².